The predicted molar refractivity (Wildman–Crippen MR) is 139 cm³/mol. The van der Waals surface area contributed by atoms with Crippen LogP contribution in [0.2, 0.25) is 5.02 Å². The van der Waals surface area contributed by atoms with Gasteiger partial charge in [0.2, 0.25) is 0 Å². The van der Waals surface area contributed by atoms with Crippen LogP contribution in [0.1, 0.15) is 17.0 Å². The maximum Gasteiger partial charge on any atom is 0.270 e. The number of nitrogens with one attached hydrogen (secondary N) is 1. The van der Waals surface area contributed by atoms with Gasteiger partial charge in [-0.05, 0) is 80.2 Å². The highest BCUT2D eigenvalue weighted by Crippen LogP contribution is 2.30. The number of aromatic nitrogens is 1. The van der Waals surface area contributed by atoms with Crippen LogP contribution < -0.4 is 15.0 Å². The fourth-order valence-corrected chi connectivity index (χ4v) is 4.34. The van der Waals surface area contributed by atoms with Crippen LogP contribution >= 0.6 is 23.8 Å². The number of carbonyl (C=O) groups excluding carboxylic acids is 2. The number of carbonyl (C=O) groups is 2. The summed E-state index contributed by atoms with van der Waals surface area (Å²) in [6.07, 6.45) is 3.28. The zero-order valence-electron chi connectivity index (χ0n) is 18.7. The van der Waals surface area contributed by atoms with Crippen molar-refractivity contribution in [3.63, 3.8) is 0 Å². The fourth-order valence-electron chi connectivity index (χ4n) is 3.84. The van der Waals surface area contributed by atoms with E-state index in [2.05, 4.69) is 11.9 Å². The van der Waals surface area contributed by atoms with Crippen LogP contribution in [0.3, 0.4) is 0 Å². The van der Waals surface area contributed by atoms with Crippen molar-refractivity contribution in [2.45, 2.75) is 13.8 Å². The van der Waals surface area contributed by atoms with Gasteiger partial charge in [0.1, 0.15) is 17.9 Å². The normalized spacial score (nSPS) is 15.0. The SMILES string of the molecule is C=CCOc1ccc(-n2c(C)cc(/C=C3\C(=O)NC(=S)N(c4ccccc4Cl)C3=O)c2C)cc1. The lowest BCUT2D eigenvalue weighted by molar-refractivity contribution is -0.122. The number of hydrogen-bond acceptors (Lipinski definition) is 4. The molecule has 2 heterocycles. The van der Waals surface area contributed by atoms with Gasteiger partial charge in [-0.1, -0.05) is 36.4 Å². The first-order chi connectivity index (χ1) is 16.3. The number of nitrogens with zero attached hydrogens (tertiary/aromatic N) is 2. The van der Waals surface area contributed by atoms with E-state index in [9.17, 15) is 9.59 Å². The molecule has 1 aliphatic rings. The van der Waals surface area contributed by atoms with Gasteiger partial charge in [-0.15, -0.1) is 0 Å². The fraction of sp³-hybridized carbons (Fsp3) is 0.115. The number of benzene rings is 2. The van der Waals surface area contributed by atoms with Crippen LogP contribution in [0.15, 0.2) is 72.8 Å². The third kappa shape index (κ3) is 4.40. The van der Waals surface area contributed by atoms with Crippen molar-refractivity contribution in [2.75, 3.05) is 11.5 Å². The molecule has 172 valence electrons. The maximum atomic E-state index is 13.3. The predicted octanol–water partition coefficient (Wildman–Crippen LogP) is 5.14. The van der Waals surface area contributed by atoms with Crippen molar-refractivity contribution in [3.05, 3.63) is 94.8 Å². The molecule has 1 saturated heterocycles. The standard InChI is InChI=1S/C26H22ClN3O3S/c1-4-13-33-20-11-9-19(10-12-20)29-16(2)14-18(17(29)3)15-21-24(31)28-26(34)30(25(21)32)23-8-6-5-7-22(23)27/h4-12,14-15H,1,13H2,2-3H3,(H,28,31,34)/b21-15+. The zero-order valence-corrected chi connectivity index (χ0v) is 20.2. The van der Waals surface area contributed by atoms with Crippen molar-refractivity contribution < 1.29 is 14.3 Å². The summed E-state index contributed by atoms with van der Waals surface area (Å²) in [6.45, 7) is 7.98. The Balaban J connectivity index is 1.70. The largest absolute Gasteiger partial charge is 0.490 e. The van der Waals surface area contributed by atoms with Crippen molar-refractivity contribution in [3.8, 4) is 11.4 Å². The maximum absolute atomic E-state index is 13.3. The molecule has 2 amide bonds. The number of amides is 2. The number of anilines is 1. The van der Waals surface area contributed by atoms with Gasteiger partial charge in [0, 0.05) is 17.1 Å². The average molecular weight is 492 g/mol. The summed E-state index contributed by atoms with van der Waals surface area (Å²) in [5.41, 5.74) is 3.89. The quantitative estimate of drug-likeness (QED) is 0.224. The molecule has 0 spiro atoms. The lowest BCUT2D eigenvalue weighted by atomic mass is 10.1. The molecule has 0 saturated carbocycles. The van der Waals surface area contributed by atoms with E-state index >= 15 is 0 Å². The minimum atomic E-state index is -0.549. The number of halogens is 1. The highest BCUT2D eigenvalue weighted by molar-refractivity contribution is 7.80. The smallest absolute Gasteiger partial charge is 0.270 e. The van der Waals surface area contributed by atoms with Gasteiger partial charge in [-0.2, -0.15) is 0 Å². The number of para-hydroxylation sites is 1. The second kappa shape index (κ2) is 9.67. The Kier molecular flexibility index (Phi) is 6.68. The first-order valence-corrected chi connectivity index (χ1v) is 11.3. The van der Waals surface area contributed by atoms with E-state index in [-0.39, 0.29) is 10.7 Å². The number of thiocarbonyl (C=S) groups is 1. The molecule has 8 heteroatoms. The molecule has 1 aromatic heterocycles. The molecule has 1 N–H and O–H groups in total. The summed E-state index contributed by atoms with van der Waals surface area (Å²) >= 11 is 11.5. The third-order valence-corrected chi connectivity index (χ3v) is 6.03. The average Bonchev–Trinajstić information content (AvgIpc) is 3.09. The van der Waals surface area contributed by atoms with E-state index in [0.717, 1.165) is 28.4 Å². The Morgan fingerprint density at radius 1 is 1.12 bits per heavy atom. The van der Waals surface area contributed by atoms with Crippen molar-refractivity contribution >= 4 is 52.5 Å². The van der Waals surface area contributed by atoms with E-state index in [1.54, 1.807) is 36.4 Å². The van der Waals surface area contributed by atoms with Gasteiger partial charge < -0.3 is 9.30 Å². The zero-order chi connectivity index (χ0) is 24.4. The molecular formula is C26H22ClN3O3S. The number of ether oxygens (including phenoxy) is 1. The summed E-state index contributed by atoms with van der Waals surface area (Å²) in [4.78, 5) is 27.3. The summed E-state index contributed by atoms with van der Waals surface area (Å²) < 4.78 is 7.60. The Morgan fingerprint density at radius 2 is 1.82 bits per heavy atom. The number of hydrogen-bond donors (Lipinski definition) is 1. The molecule has 4 rings (SSSR count). The first-order valence-electron chi connectivity index (χ1n) is 10.5. The summed E-state index contributed by atoms with van der Waals surface area (Å²) in [5, 5.41) is 2.94. The second-order valence-electron chi connectivity index (χ2n) is 7.66. The Morgan fingerprint density at radius 3 is 2.50 bits per heavy atom. The molecule has 0 bridgehead atoms. The minimum Gasteiger partial charge on any atom is -0.490 e. The van der Waals surface area contributed by atoms with Gasteiger partial charge >= 0.3 is 0 Å². The molecule has 0 aliphatic carbocycles. The Labute approximate surface area is 208 Å². The lowest BCUT2D eigenvalue weighted by Crippen LogP contribution is -2.54. The topological polar surface area (TPSA) is 63.6 Å². The van der Waals surface area contributed by atoms with Crippen LogP contribution in [0.5, 0.6) is 5.75 Å². The molecule has 0 atom stereocenters. The molecule has 0 unspecified atom stereocenters. The molecular weight excluding hydrogens is 470 g/mol. The highest BCUT2D eigenvalue weighted by atomic mass is 35.5. The van der Waals surface area contributed by atoms with Gasteiger partial charge in [-0.3, -0.25) is 19.8 Å². The van der Waals surface area contributed by atoms with Crippen molar-refractivity contribution in [1.29, 1.82) is 0 Å². The minimum absolute atomic E-state index is 0.00974. The summed E-state index contributed by atoms with van der Waals surface area (Å²) in [7, 11) is 0. The van der Waals surface area contributed by atoms with Crippen LogP contribution in [0, 0.1) is 13.8 Å². The van der Waals surface area contributed by atoms with Gasteiger partial charge in [0.15, 0.2) is 5.11 Å². The van der Waals surface area contributed by atoms with E-state index in [0.29, 0.717) is 17.3 Å². The van der Waals surface area contributed by atoms with Crippen LogP contribution in [0.4, 0.5) is 5.69 Å². The molecule has 3 aromatic rings. The van der Waals surface area contributed by atoms with Crippen molar-refractivity contribution in [2.24, 2.45) is 0 Å². The van der Waals surface area contributed by atoms with E-state index < -0.39 is 11.8 Å². The Bertz CT molecular complexity index is 1340. The third-order valence-electron chi connectivity index (χ3n) is 5.43. The van der Waals surface area contributed by atoms with Crippen LogP contribution in [0.25, 0.3) is 11.8 Å². The molecule has 34 heavy (non-hydrogen) atoms. The first kappa shape index (κ1) is 23.5. The second-order valence-corrected chi connectivity index (χ2v) is 8.46. The molecule has 2 aromatic carbocycles. The lowest BCUT2D eigenvalue weighted by Gasteiger charge is -2.29. The van der Waals surface area contributed by atoms with E-state index in [1.807, 2.05) is 48.7 Å². The number of aryl methyl sites for hydroxylation is 1. The number of rotatable bonds is 6. The van der Waals surface area contributed by atoms with Gasteiger partial charge in [-0.25, -0.2) is 0 Å². The van der Waals surface area contributed by atoms with E-state index in [1.165, 1.54) is 4.90 Å². The molecule has 0 radical (unpaired) electrons. The Hall–Kier alpha value is -3.68. The molecule has 1 fully saturated rings. The summed E-state index contributed by atoms with van der Waals surface area (Å²) in [5.74, 6) is -0.337. The highest BCUT2D eigenvalue weighted by Gasteiger charge is 2.35. The molecule has 1 aliphatic heterocycles. The van der Waals surface area contributed by atoms with Crippen LogP contribution in [-0.4, -0.2) is 28.1 Å². The van der Waals surface area contributed by atoms with Gasteiger partial charge in [0.25, 0.3) is 11.8 Å². The van der Waals surface area contributed by atoms with Crippen LogP contribution in [-0.2, 0) is 9.59 Å². The van der Waals surface area contributed by atoms with Gasteiger partial charge in [0.05, 0.1) is 10.7 Å². The molecule has 6 nitrogen and oxygen atoms in total. The monoisotopic (exact) mass is 491 g/mol. The van der Waals surface area contributed by atoms with Crippen molar-refractivity contribution in [1.82, 2.24) is 9.88 Å². The van der Waals surface area contributed by atoms with E-state index in [4.69, 9.17) is 28.6 Å². The summed E-state index contributed by atoms with van der Waals surface area (Å²) in [6, 6.07) is 16.4.